The van der Waals surface area contributed by atoms with Gasteiger partial charge in [0.1, 0.15) is 0 Å². The molecule has 0 unspecified atom stereocenters. The SMILES string of the molecule is CC(C)(C)c1ccc(C=NN2CCN(Cc3ccccc3Cl)CC2)cc1. The maximum absolute atomic E-state index is 6.27. The standard InChI is InChI=1S/C22H28ClN3/c1-22(2,3)20-10-8-18(9-11-20)16-24-26-14-12-25(13-15-26)17-19-6-4-5-7-21(19)23/h4-11,16H,12-15,17H2,1-3H3. The summed E-state index contributed by atoms with van der Waals surface area (Å²) in [5.41, 5.74) is 3.89. The van der Waals surface area contributed by atoms with Crippen LogP contribution in [0.15, 0.2) is 53.6 Å². The molecule has 3 rings (SSSR count). The molecule has 0 aromatic heterocycles. The summed E-state index contributed by atoms with van der Waals surface area (Å²) < 4.78 is 0. The molecule has 0 spiro atoms. The van der Waals surface area contributed by atoms with Gasteiger partial charge in [-0.05, 0) is 28.2 Å². The normalized spacial score (nSPS) is 16.4. The monoisotopic (exact) mass is 369 g/mol. The van der Waals surface area contributed by atoms with E-state index in [1.165, 1.54) is 11.1 Å². The van der Waals surface area contributed by atoms with Gasteiger partial charge in [-0.15, -0.1) is 0 Å². The Bertz CT molecular complexity index is 739. The second-order valence-corrected chi connectivity index (χ2v) is 8.34. The van der Waals surface area contributed by atoms with Crippen molar-refractivity contribution in [3.63, 3.8) is 0 Å². The molecule has 1 aliphatic heterocycles. The van der Waals surface area contributed by atoms with Gasteiger partial charge >= 0.3 is 0 Å². The molecule has 3 nitrogen and oxygen atoms in total. The lowest BCUT2D eigenvalue weighted by Crippen LogP contribution is -2.43. The summed E-state index contributed by atoms with van der Waals surface area (Å²) in [6.07, 6.45) is 1.97. The molecular weight excluding hydrogens is 342 g/mol. The van der Waals surface area contributed by atoms with Crippen LogP contribution in [0.5, 0.6) is 0 Å². The largest absolute Gasteiger partial charge is 0.295 e. The lowest BCUT2D eigenvalue weighted by Gasteiger charge is -2.33. The minimum absolute atomic E-state index is 0.188. The van der Waals surface area contributed by atoms with Gasteiger partial charge in [-0.25, -0.2) is 0 Å². The number of benzene rings is 2. The highest BCUT2D eigenvalue weighted by molar-refractivity contribution is 6.31. The van der Waals surface area contributed by atoms with Crippen molar-refractivity contribution in [2.24, 2.45) is 5.10 Å². The van der Waals surface area contributed by atoms with Crippen LogP contribution in [0.2, 0.25) is 5.02 Å². The predicted octanol–water partition coefficient (Wildman–Crippen LogP) is 4.79. The van der Waals surface area contributed by atoms with Crippen molar-refractivity contribution in [3.8, 4) is 0 Å². The molecule has 1 aliphatic rings. The first kappa shape index (κ1) is 18.9. The zero-order chi connectivity index (χ0) is 18.6. The van der Waals surface area contributed by atoms with Gasteiger partial charge in [0.05, 0.1) is 6.21 Å². The van der Waals surface area contributed by atoms with Crippen LogP contribution in [0.25, 0.3) is 0 Å². The Labute approximate surface area is 162 Å². The summed E-state index contributed by atoms with van der Waals surface area (Å²) in [4.78, 5) is 2.44. The summed E-state index contributed by atoms with van der Waals surface area (Å²) >= 11 is 6.27. The molecule has 1 heterocycles. The van der Waals surface area contributed by atoms with E-state index in [-0.39, 0.29) is 5.41 Å². The molecule has 2 aromatic rings. The molecule has 0 radical (unpaired) electrons. The maximum atomic E-state index is 6.27. The Balaban J connectivity index is 1.51. The molecule has 138 valence electrons. The van der Waals surface area contributed by atoms with Crippen molar-refractivity contribution in [2.75, 3.05) is 26.2 Å². The van der Waals surface area contributed by atoms with Gasteiger partial charge in [-0.3, -0.25) is 9.91 Å². The van der Waals surface area contributed by atoms with Crippen LogP contribution in [0, 0.1) is 0 Å². The zero-order valence-electron chi connectivity index (χ0n) is 16.0. The van der Waals surface area contributed by atoms with E-state index >= 15 is 0 Å². The Morgan fingerprint density at radius 3 is 2.23 bits per heavy atom. The highest BCUT2D eigenvalue weighted by atomic mass is 35.5. The molecule has 0 aliphatic carbocycles. The third-order valence-corrected chi connectivity index (χ3v) is 5.22. The molecular formula is C22H28ClN3. The summed E-state index contributed by atoms with van der Waals surface area (Å²) in [6, 6.07) is 16.8. The third-order valence-electron chi connectivity index (χ3n) is 4.85. The van der Waals surface area contributed by atoms with Crippen molar-refractivity contribution in [3.05, 3.63) is 70.2 Å². The number of piperazine rings is 1. The average molecular weight is 370 g/mol. The van der Waals surface area contributed by atoms with Gasteiger partial charge < -0.3 is 0 Å². The highest BCUT2D eigenvalue weighted by Gasteiger charge is 2.16. The van der Waals surface area contributed by atoms with Crippen LogP contribution in [-0.2, 0) is 12.0 Å². The van der Waals surface area contributed by atoms with Crippen molar-refractivity contribution in [1.29, 1.82) is 0 Å². The van der Waals surface area contributed by atoms with Crippen molar-refractivity contribution in [2.45, 2.75) is 32.7 Å². The first-order valence-corrected chi connectivity index (χ1v) is 9.65. The highest BCUT2D eigenvalue weighted by Crippen LogP contribution is 2.22. The summed E-state index contributed by atoms with van der Waals surface area (Å²) in [6.45, 7) is 11.5. The van der Waals surface area contributed by atoms with Crippen LogP contribution < -0.4 is 0 Å². The Kier molecular flexibility index (Phi) is 6.00. The van der Waals surface area contributed by atoms with Crippen molar-refractivity contribution >= 4 is 17.8 Å². The number of nitrogens with zero attached hydrogens (tertiary/aromatic N) is 3. The molecule has 0 atom stereocenters. The van der Waals surface area contributed by atoms with Crippen LogP contribution in [0.1, 0.15) is 37.5 Å². The molecule has 4 heteroatoms. The molecule has 0 saturated carbocycles. The van der Waals surface area contributed by atoms with Crippen LogP contribution >= 0.6 is 11.6 Å². The third kappa shape index (κ3) is 5.09. The predicted molar refractivity (Wildman–Crippen MR) is 111 cm³/mol. The summed E-state index contributed by atoms with van der Waals surface area (Å²) in [5.74, 6) is 0. The van der Waals surface area contributed by atoms with Crippen molar-refractivity contribution in [1.82, 2.24) is 9.91 Å². The Morgan fingerprint density at radius 1 is 0.962 bits per heavy atom. The summed E-state index contributed by atoms with van der Waals surface area (Å²) in [5, 5.41) is 7.67. The van der Waals surface area contributed by atoms with Gasteiger partial charge in [0, 0.05) is 37.7 Å². The first-order chi connectivity index (χ1) is 12.4. The van der Waals surface area contributed by atoms with Gasteiger partial charge in [0.15, 0.2) is 0 Å². The van der Waals surface area contributed by atoms with Gasteiger partial charge in [0.25, 0.3) is 0 Å². The van der Waals surface area contributed by atoms with Crippen molar-refractivity contribution < 1.29 is 0 Å². The fourth-order valence-corrected chi connectivity index (χ4v) is 3.29. The number of rotatable bonds is 4. The molecule has 26 heavy (non-hydrogen) atoms. The minimum atomic E-state index is 0.188. The Morgan fingerprint density at radius 2 is 1.62 bits per heavy atom. The van der Waals surface area contributed by atoms with E-state index in [0.29, 0.717) is 0 Å². The fraction of sp³-hybridized carbons (Fsp3) is 0.409. The smallest absolute Gasteiger partial charge is 0.0542 e. The van der Waals surface area contributed by atoms with E-state index in [1.54, 1.807) is 0 Å². The van der Waals surface area contributed by atoms with E-state index in [9.17, 15) is 0 Å². The second-order valence-electron chi connectivity index (χ2n) is 7.94. The van der Waals surface area contributed by atoms with E-state index in [1.807, 2.05) is 24.4 Å². The van der Waals surface area contributed by atoms with E-state index < -0.39 is 0 Å². The lowest BCUT2D eigenvalue weighted by atomic mass is 9.87. The van der Waals surface area contributed by atoms with Crippen LogP contribution in [0.3, 0.4) is 0 Å². The number of hydrazone groups is 1. The molecule has 2 aromatic carbocycles. The second kappa shape index (κ2) is 8.24. The van der Waals surface area contributed by atoms with Crippen LogP contribution in [-0.4, -0.2) is 42.3 Å². The van der Waals surface area contributed by atoms with E-state index in [2.05, 4.69) is 66.1 Å². The molecule has 0 amide bonds. The topological polar surface area (TPSA) is 18.8 Å². The summed E-state index contributed by atoms with van der Waals surface area (Å²) in [7, 11) is 0. The Hall–Kier alpha value is -1.84. The minimum Gasteiger partial charge on any atom is -0.295 e. The fourth-order valence-electron chi connectivity index (χ4n) is 3.10. The van der Waals surface area contributed by atoms with E-state index in [0.717, 1.165) is 43.3 Å². The molecule has 0 N–H and O–H groups in total. The molecule has 1 saturated heterocycles. The quantitative estimate of drug-likeness (QED) is 0.721. The van der Waals surface area contributed by atoms with Gasteiger partial charge in [0.2, 0.25) is 0 Å². The number of halogens is 1. The molecule has 1 fully saturated rings. The zero-order valence-corrected chi connectivity index (χ0v) is 16.7. The lowest BCUT2D eigenvalue weighted by molar-refractivity contribution is 0.131. The molecule has 0 bridgehead atoms. The van der Waals surface area contributed by atoms with Crippen LogP contribution in [0.4, 0.5) is 0 Å². The number of hydrogen-bond acceptors (Lipinski definition) is 3. The first-order valence-electron chi connectivity index (χ1n) is 9.27. The van der Waals surface area contributed by atoms with Gasteiger partial charge in [-0.2, -0.15) is 5.10 Å². The maximum Gasteiger partial charge on any atom is 0.0542 e. The number of hydrogen-bond donors (Lipinski definition) is 0. The van der Waals surface area contributed by atoms with E-state index in [4.69, 9.17) is 11.6 Å². The van der Waals surface area contributed by atoms with Gasteiger partial charge in [-0.1, -0.05) is 74.8 Å². The average Bonchev–Trinajstić information content (AvgIpc) is 2.63.